The molecule has 0 unspecified atom stereocenters. The first-order valence-electron chi connectivity index (χ1n) is 10.7. The number of benzene rings is 2. The van der Waals surface area contributed by atoms with Crippen LogP contribution in [0.25, 0.3) is 0 Å². The van der Waals surface area contributed by atoms with E-state index in [2.05, 4.69) is 19.9 Å². The Balaban J connectivity index is 1.53. The minimum atomic E-state index is -3.62. The zero-order valence-corrected chi connectivity index (χ0v) is 19.3. The van der Waals surface area contributed by atoms with Gasteiger partial charge in [0.1, 0.15) is 5.82 Å². The molecule has 0 saturated carbocycles. The van der Waals surface area contributed by atoms with E-state index >= 15 is 0 Å². The van der Waals surface area contributed by atoms with E-state index < -0.39 is 10.0 Å². The molecule has 8 heteroatoms. The molecule has 33 heavy (non-hydrogen) atoms. The number of sulfonamides is 1. The summed E-state index contributed by atoms with van der Waals surface area (Å²) in [5, 5.41) is 0. The number of aromatic amines is 1. The number of pyridine rings is 1. The van der Waals surface area contributed by atoms with Crippen LogP contribution in [0, 0.1) is 0 Å². The van der Waals surface area contributed by atoms with Gasteiger partial charge in [-0.1, -0.05) is 48.5 Å². The van der Waals surface area contributed by atoms with Gasteiger partial charge in [-0.15, -0.1) is 0 Å². The predicted molar refractivity (Wildman–Crippen MR) is 127 cm³/mol. The van der Waals surface area contributed by atoms with Crippen molar-refractivity contribution in [1.29, 1.82) is 0 Å². The minimum absolute atomic E-state index is 0.290. The maximum Gasteiger partial charge on any atom is 0.243 e. The van der Waals surface area contributed by atoms with Gasteiger partial charge < -0.3 is 4.98 Å². The molecule has 0 fully saturated rings. The van der Waals surface area contributed by atoms with Crippen LogP contribution < -0.4 is 0 Å². The number of nitrogens with zero attached hydrogens (tertiary/aromatic N) is 4. The maximum atomic E-state index is 13.2. The third kappa shape index (κ3) is 6.13. The van der Waals surface area contributed by atoms with E-state index in [1.807, 2.05) is 54.7 Å². The van der Waals surface area contributed by atoms with Crippen LogP contribution in [0.2, 0.25) is 0 Å². The zero-order chi connectivity index (χ0) is 23.1. The number of H-pyrrole nitrogens is 1. The molecule has 2 aromatic heterocycles. The van der Waals surface area contributed by atoms with E-state index in [0.29, 0.717) is 26.2 Å². The van der Waals surface area contributed by atoms with Crippen LogP contribution in [0.3, 0.4) is 0 Å². The molecule has 0 aliphatic carbocycles. The Morgan fingerprint density at radius 1 is 0.818 bits per heavy atom. The minimum Gasteiger partial charge on any atom is -0.348 e. The second kappa shape index (κ2) is 10.5. The van der Waals surface area contributed by atoms with Crippen LogP contribution in [-0.2, 0) is 36.2 Å². The Kier molecular flexibility index (Phi) is 7.29. The Bertz CT molecular complexity index is 1250. The van der Waals surface area contributed by atoms with Crippen molar-refractivity contribution < 1.29 is 8.42 Å². The molecular formula is C25H27N5O2S. The summed E-state index contributed by atoms with van der Waals surface area (Å²) in [5.74, 6) is 0.852. The smallest absolute Gasteiger partial charge is 0.243 e. The number of hydrogen-bond donors (Lipinski definition) is 1. The van der Waals surface area contributed by atoms with Gasteiger partial charge in [0.05, 0.1) is 11.4 Å². The van der Waals surface area contributed by atoms with Crippen LogP contribution in [0.5, 0.6) is 0 Å². The summed E-state index contributed by atoms with van der Waals surface area (Å²) in [4.78, 5) is 14.2. The lowest BCUT2D eigenvalue weighted by Gasteiger charge is -2.22. The summed E-state index contributed by atoms with van der Waals surface area (Å²) < 4.78 is 27.8. The Morgan fingerprint density at radius 3 is 2.30 bits per heavy atom. The Morgan fingerprint density at radius 2 is 1.58 bits per heavy atom. The zero-order valence-electron chi connectivity index (χ0n) is 18.5. The van der Waals surface area contributed by atoms with Gasteiger partial charge in [-0.3, -0.25) is 9.88 Å². The van der Waals surface area contributed by atoms with Crippen LogP contribution in [0.4, 0.5) is 0 Å². The second-order valence-electron chi connectivity index (χ2n) is 7.94. The Labute approximate surface area is 194 Å². The molecule has 0 saturated heterocycles. The van der Waals surface area contributed by atoms with Gasteiger partial charge in [-0.2, -0.15) is 4.31 Å². The van der Waals surface area contributed by atoms with E-state index in [0.717, 1.165) is 22.5 Å². The molecule has 2 aromatic carbocycles. The number of nitrogens with one attached hydrogen (secondary N) is 1. The average Bonchev–Trinajstić information content (AvgIpc) is 3.33. The van der Waals surface area contributed by atoms with Crippen molar-refractivity contribution in [2.75, 3.05) is 7.05 Å². The summed E-state index contributed by atoms with van der Waals surface area (Å²) in [7, 11) is -2.01. The van der Waals surface area contributed by atoms with Crippen LogP contribution in [-0.4, -0.2) is 39.6 Å². The molecule has 0 spiro atoms. The Hall–Kier alpha value is -3.33. The van der Waals surface area contributed by atoms with Gasteiger partial charge in [0.2, 0.25) is 10.0 Å². The number of rotatable bonds is 10. The predicted octanol–water partition coefficient (Wildman–Crippen LogP) is 3.83. The molecule has 0 aliphatic rings. The first kappa shape index (κ1) is 22.8. The quantitative estimate of drug-likeness (QED) is 0.388. The third-order valence-electron chi connectivity index (χ3n) is 5.32. The molecule has 0 atom stereocenters. The fraction of sp³-hybridized carbons (Fsp3) is 0.200. The van der Waals surface area contributed by atoms with Gasteiger partial charge >= 0.3 is 0 Å². The van der Waals surface area contributed by atoms with Crippen molar-refractivity contribution in [3.8, 4) is 0 Å². The van der Waals surface area contributed by atoms with Crippen molar-refractivity contribution in [2.24, 2.45) is 0 Å². The lowest BCUT2D eigenvalue weighted by molar-refractivity contribution is 0.241. The standard InChI is InChI=1S/C25H27N5O2S/c1-29(17-21-7-3-2-4-8-21)33(31,32)24-11-5-9-22(15-24)18-30(20-25-27-13-14-28-25)19-23-10-6-12-26-16-23/h2-16H,17-20H2,1H3,(H,27,28). The van der Waals surface area contributed by atoms with E-state index in [9.17, 15) is 8.42 Å². The SMILES string of the molecule is CN(Cc1ccccc1)S(=O)(=O)c1cccc(CN(Cc2cccnc2)Cc2ncc[nH]2)c1. The number of imidazole rings is 1. The lowest BCUT2D eigenvalue weighted by atomic mass is 10.2. The summed E-state index contributed by atoms with van der Waals surface area (Å²) in [5.41, 5.74) is 2.94. The van der Waals surface area contributed by atoms with Gasteiger partial charge in [0, 0.05) is 51.5 Å². The van der Waals surface area contributed by atoms with Gasteiger partial charge in [-0.25, -0.2) is 13.4 Å². The molecule has 0 bridgehead atoms. The molecule has 4 rings (SSSR count). The van der Waals surface area contributed by atoms with Crippen molar-refractivity contribution in [1.82, 2.24) is 24.2 Å². The monoisotopic (exact) mass is 461 g/mol. The molecule has 0 radical (unpaired) electrons. The summed E-state index contributed by atoms with van der Waals surface area (Å²) in [6, 6.07) is 20.7. The highest BCUT2D eigenvalue weighted by atomic mass is 32.2. The number of aromatic nitrogens is 3. The molecule has 170 valence electrons. The topological polar surface area (TPSA) is 82.2 Å². The normalized spacial score (nSPS) is 11.8. The van der Waals surface area contributed by atoms with Crippen molar-refractivity contribution in [3.05, 3.63) is 114 Å². The first-order valence-corrected chi connectivity index (χ1v) is 12.1. The summed E-state index contributed by atoms with van der Waals surface area (Å²) >= 11 is 0. The van der Waals surface area contributed by atoms with E-state index in [1.165, 1.54) is 4.31 Å². The van der Waals surface area contributed by atoms with E-state index in [1.54, 1.807) is 43.8 Å². The third-order valence-corrected chi connectivity index (χ3v) is 7.12. The molecular weight excluding hydrogens is 434 g/mol. The van der Waals surface area contributed by atoms with Crippen LogP contribution >= 0.6 is 0 Å². The molecule has 2 heterocycles. The van der Waals surface area contributed by atoms with Gasteiger partial charge in [0.25, 0.3) is 0 Å². The fourth-order valence-electron chi connectivity index (χ4n) is 3.68. The van der Waals surface area contributed by atoms with Crippen LogP contribution in [0.1, 0.15) is 22.5 Å². The van der Waals surface area contributed by atoms with Gasteiger partial charge in [-0.05, 0) is 34.9 Å². The van der Waals surface area contributed by atoms with Crippen LogP contribution in [0.15, 0.2) is 96.4 Å². The largest absolute Gasteiger partial charge is 0.348 e. The molecule has 0 aliphatic heterocycles. The van der Waals surface area contributed by atoms with E-state index in [4.69, 9.17) is 0 Å². The molecule has 7 nitrogen and oxygen atoms in total. The second-order valence-corrected chi connectivity index (χ2v) is 9.98. The van der Waals surface area contributed by atoms with Crippen molar-refractivity contribution in [3.63, 3.8) is 0 Å². The molecule has 4 aromatic rings. The van der Waals surface area contributed by atoms with Crippen molar-refractivity contribution >= 4 is 10.0 Å². The highest BCUT2D eigenvalue weighted by Crippen LogP contribution is 2.20. The van der Waals surface area contributed by atoms with E-state index in [-0.39, 0.29) is 4.90 Å². The first-order chi connectivity index (χ1) is 16.0. The highest BCUT2D eigenvalue weighted by molar-refractivity contribution is 7.89. The lowest BCUT2D eigenvalue weighted by Crippen LogP contribution is -2.27. The van der Waals surface area contributed by atoms with Gasteiger partial charge in [0.15, 0.2) is 0 Å². The fourth-order valence-corrected chi connectivity index (χ4v) is 4.91. The number of hydrogen-bond acceptors (Lipinski definition) is 5. The average molecular weight is 462 g/mol. The maximum absolute atomic E-state index is 13.2. The highest BCUT2D eigenvalue weighted by Gasteiger charge is 2.21. The molecule has 1 N–H and O–H groups in total. The summed E-state index contributed by atoms with van der Waals surface area (Å²) in [6.07, 6.45) is 7.12. The summed E-state index contributed by atoms with van der Waals surface area (Å²) in [6.45, 7) is 2.16. The van der Waals surface area contributed by atoms with Crippen molar-refractivity contribution in [2.45, 2.75) is 31.1 Å². The molecule has 0 amide bonds.